The monoisotopic (exact) mass is 377 g/mol. The van der Waals surface area contributed by atoms with Crippen LogP contribution in [0.2, 0.25) is 0 Å². The zero-order chi connectivity index (χ0) is 20.1. The van der Waals surface area contributed by atoms with Crippen molar-refractivity contribution < 1.29 is 13.9 Å². The number of ketones is 1. The van der Waals surface area contributed by atoms with Crippen LogP contribution in [0, 0.1) is 12.7 Å². The first-order valence-electron chi connectivity index (χ1n) is 8.78. The van der Waals surface area contributed by atoms with Crippen LogP contribution in [0.3, 0.4) is 0 Å². The molecule has 0 saturated carbocycles. The largest absolute Gasteiger partial charge is 0.481 e. The summed E-state index contributed by atoms with van der Waals surface area (Å²) in [6.07, 6.45) is 8.02. The van der Waals surface area contributed by atoms with Gasteiger partial charge in [0.05, 0.1) is 19.7 Å². The van der Waals surface area contributed by atoms with Gasteiger partial charge in [0, 0.05) is 47.0 Å². The molecule has 0 aliphatic carbocycles. The number of nitrogens with zero attached hydrogens (tertiary/aromatic N) is 3. The fourth-order valence-electron chi connectivity index (χ4n) is 2.89. The first-order valence-corrected chi connectivity index (χ1v) is 8.78. The summed E-state index contributed by atoms with van der Waals surface area (Å²) in [6.45, 7) is 3.51. The molecule has 5 nitrogen and oxygen atoms in total. The van der Waals surface area contributed by atoms with Crippen molar-refractivity contribution in [2.45, 2.75) is 20.3 Å². The molecule has 0 atom stereocenters. The van der Waals surface area contributed by atoms with E-state index < -0.39 is 5.82 Å². The van der Waals surface area contributed by atoms with Gasteiger partial charge in [0.1, 0.15) is 5.82 Å². The molecule has 3 aromatic rings. The zero-order valence-electron chi connectivity index (χ0n) is 15.9. The fourth-order valence-corrected chi connectivity index (χ4v) is 2.89. The Balaban J connectivity index is 1.78. The molecule has 0 aliphatic rings. The number of Topliss-reactive ketones (excluding diaryl/α,β-unsaturated/α-hetero) is 1. The van der Waals surface area contributed by atoms with Crippen LogP contribution in [-0.2, 0) is 6.42 Å². The van der Waals surface area contributed by atoms with Gasteiger partial charge in [0.2, 0.25) is 5.88 Å². The third kappa shape index (κ3) is 4.11. The summed E-state index contributed by atoms with van der Waals surface area (Å²) in [5.74, 6) is -0.149. The number of ether oxygens (including phenoxy) is 1. The van der Waals surface area contributed by atoms with Crippen molar-refractivity contribution in [3.63, 3.8) is 0 Å². The van der Waals surface area contributed by atoms with Gasteiger partial charge in [-0.25, -0.2) is 9.37 Å². The molecule has 0 spiro atoms. The fraction of sp³-hybridized carbons (Fsp3) is 0.182. The molecule has 0 radical (unpaired) electrons. The maximum atomic E-state index is 13.6. The van der Waals surface area contributed by atoms with Crippen LogP contribution in [0.1, 0.15) is 39.7 Å². The molecular weight excluding hydrogens is 357 g/mol. The van der Waals surface area contributed by atoms with Crippen LogP contribution in [0.4, 0.5) is 4.39 Å². The van der Waals surface area contributed by atoms with Gasteiger partial charge < -0.3 is 4.74 Å². The SMILES string of the molecule is C/C=C(\c1ccc(CC(=O)c2cncc(F)c2C)nc1)c1ccc(OC)nc1. The summed E-state index contributed by atoms with van der Waals surface area (Å²) in [5.41, 5.74) is 4.03. The third-order valence-corrected chi connectivity index (χ3v) is 4.48. The van der Waals surface area contributed by atoms with Crippen molar-refractivity contribution in [1.29, 1.82) is 0 Å². The van der Waals surface area contributed by atoms with E-state index in [0.717, 1.165) is 22.9 Å². The van der Waals surface area contributed by atoms with E-state index in [0.29, 0.717) is 17.1 Å². The van der Waals surface area contributed by atoms with Crippen LogP contribution >= 0.6 is 0 Å². The maximum Gasteiger partial charge on any atom is 0.212 e. The predicted molar refractivity (Wildman–Crippen MR) is 105 cm³/mol. The number of hydrogen-bond donors (Lipinski definition) is 0. The highest BCUT2D eigenvalue weighted by Gasteiger charge is 2.14. The smallest absolute Gasteiger partial charge is 0.212 e. The van der Waals surface area contributed by atoms with Crippen molar-refractivity contribution in [1.82, 2.24) is 15.0 Å². The molecule has 0 aliphatic heterocycles. The van der Waals surface area contributed by atoms with Crippen LogP contribution in [-0.4, -0.2) is 27.8 Å². The Morgan fingerprint density at radius 3 is 2.36 bits per heavy atom. The number of carbonyl (C=O) groups is 1. The minimum Gasteiger partial charge on any atom is -0.481 e. The lowest BCUT2D eigenvalue weighted by atomic mass is 9.99. The molecule has 142 valence electrons. The topological polar surface area (TPSA) is 65.0 Å². The predicted octanol–water partition coefficient (Wildman–Crippen LogP) is 4.20. The molecule has 3 heterocycles. The van der Waals surface area contributed by atoms with E-state index in [9.17, 15) is 9.18 Å². The molecule has 0 aromatic carbocycles. The van der Waals surface area contributed by atoms with Crippen LogP contribution in [0.25, 0.3) is 5.57 Å². The second kappa shape index (κ2) is 8.52. The summed E-state index contributed by atoms with van der Waals surface area (Å²) in [4.78, 5) is 24.9. The molecule has 3 aromatic heterocycles. The number of rotatable bonds is 6. The lowest BCUT2D eigenvalue weighted by molar-refractivity contribution is 0.0990. The molecule has 0 bridgehead atoms. The summed E-state index contributed by atoms with van der Waals surface area (Å²) in [5, 5.41) is 0. The molecule has 0 amide bonds. The lowest BCUT2D eigenvalue weighted by Crippen LogP contribution is -2.09. The van der Waals surface area contributed by atoms with Gasteiger partial charge in [-0.15, -0.1) is 0 Å². The third-order valence-electron chi connectivity index (χ3n) is 4.48. The Hall–Kier alpha value is -3.41. The van der Waals surface area contributed by atoms with Crippen molar-refractivity contribution in [3.8, 4) is 5.88 Å². The first kappa shape index (κ1) is 19.4. The molecular formula is C22H20FN3O2. The molecule has 0 unspecified atom stereocenters. The Morgan fingerprint density at radius 2 is 1.79 bits per heavy atom. The van der Waals surface area contributed by atoms with Gasteiger partial charge in [-0.1, -0.05) is 12.1 Å². The Labute approximate surface area is 163 Å². The second-order valence-corrected chi connectivity index (χ2v) is 6.22. The lowest BCUT2D eigenvalue weighted by Gasteiger charge is -2.09. The Kier molecular flexibility index (Phi) is 5.89. The van der Waals surface area contributed by atoms with Crippen molar-refractivity contribution in [3.05, 3.63) is 88.9 Å². The Bertz CT molecular complexity index is 1010. The van der Waals surface area contributed by atoms with E-state index in [1.807, 2.05) is 25.1 Å². The van der Waals surface area contributed by atoms with Gasteiger partial charge in [-0.05, 0) is 37.1 Å². The summed E-state index contributed by atoms with van der Waals surface area (Å²) < 4.78 is 18.7. The quantitative estimate of drug-likeness (QED) is 0.602. The average Bonchev–Trinajstić information content (AvgIpc) is 2.72. The molecule has 28 heavy (non-hydrogen) atoms. The minimum atomic E-state index is -0.486. The van der Waals surface area contributed by atoms with Crippen molar-refractivity contribution >= 4 is 11.4 Å². The molecule has 0 fully saturated rings. The number of halogens is 1. The zero-order valence-corrected chi connectivity index (χ0v) is 15.9. The van der Waals surface area contributed by atoms with Gasteiger partial charge in [-0.3, -0.25) is 14.8 Å². The summed E-state index contributed by atoms with van der Waals surface area (Å²) in [6, 6.07) is 7.44. The molecule has 0 N–H and O–H groups in total. The number of hydrogen-bond acceptors (Lipinski definition) is 5. The van der Waals surface area contributed by atoms with Gasteiger partial charge in [0.25, 0.3) is 0 Å². The van der Waals surface area contributed by atoms with Crippen molar-refractivity contribution in [2.75, 3.05) is 7.11 Å². The standard InChI is InChI=1S/C22H20FN3O2/c1-4-18(16-6-8-22(28-3)26-11-16)15-5-7-17(25-10-15)9-21(27)19-12-24-13-20(23)14(19)2/h4-8,10-13H,9H2,1-3H3/b18-4+. The van der Waals surface area contributed by atoms with E-state index in [-0.39, 0.29) is 17.8 Å². The van der Waals surface area contributed by atoms with Crippen LogP contribution < -0.4 is 4.74 Å². The van der Waals surface area contributed by atoms with Gasteiger partial charge in [0.15, 0.2) is 5.78 Å². The van der Waals surface area contributed by atoms with E-state index >= 15 is 0 Å². The highest BCUT2D eigenvalue weighted by atomic mass is 19.1. The van der Waals surface area contributed by atoms with E-state index in [2.05, 4.69) is 15.0 Å². The normalized spacial score (nSPS) is 11.4. The first-order chi connectivity index (χ1) is 13.5. The maximum absolute atomic E-state index is 13.6. The highest BCUT2D eigenvalue weighted by Crippen LogP contribution is 2.24. The Morgan fingerprint density at radius 1 is 1.07 bits per heavy atom. The van der Waals surface area contributed by atoms with Gasteiger partial charge >= 0.3 is 0 Å². The van der Waals surface area contributed by atoms with E-state index in [1.165, 1.54) is 6.20 Å². The van der Waals surface area contributed by atoms with Crippen molar-refractivity contribution in [2.24, 2.45) is 0 Å². The van der Waals surface area contributed by atoms with E-state index in [4.69, 9.17) is 4.74 Å². The summed E-state index contributed by atoms with van der Waals surface area (Å²) >= 11 is 0. The van der Waals surface area contributed by atoms with Crippen LogP contribution in [0.15, 0.2) is 55.1 Å². The van der Waals surface area contributed by atoms with E-state index in [1.54, 1.807) is 38.6 Å². The molecule has 0 saturated heterocycles. The average molecular weight is 377 g/mol. The molecule has 6 heteroatoms. The number of methoxy groups -OCH3 is 1. The highest BCUT2D eigenvalue weighted by molar-refractivity contribution is 5.98. The number of allylic oxidation sites excluding steroid dienone is 1. The molecule has 3 rings (SSSR count). The number of aromatic nitrogens is 3. The van der Waals surface area contributed by atoms with Gasteiger partial charge in [-0.2, -0.15) is 0 Å². The number of carbonyl (C=O) groups excluding carboxylic acids is 1. The summed E-state index contributed by atoms with van der Waals surface area (Å²) in [7, 11) is 1.57. The minimum absolute atomic E-state index is 0.0848. The number of pyridine rings is 3. The second-order valence-electron chi connectivity index (χ2n) is 6.22. The van der Waals surface area contributed by atoms with Crippen LogP contribution in [0.5, 0.6) is 5.88 Å².